The second-order valence-electron chi connectivity index (χ2n) is 6.00. The quantitative estimate of drug-likeness (QED) is 0.940. The number of carbonyl (C=O) groups is 1. The molecule has 1 amide bonds. The van der Waals surface area contributed by atoms with Gasteiger partial charge in [-0.05, 0) is 43.2 Å². The number of hydrogen-bond acceptors (Lipinski definition) is 3. The first-order valence-electron chi connectivity index (χ1n) is 7.73. The molecule has 0 radical (unpaired) electrons. The minimum atomic E-state index is -0.0156. The van der Waals surface area contributed by atoms with Crippen molar-refractivity contribution in [2.75, 3.05) is 11.4 Å². The molecule has 1 atom stereocenters. The van der Waals surface area contributed by atoms with E-state index in [1.807, 2.05) is 29.3 Å². The van der Waals surface area contributed by atoms with Gasteiger partial charge in [0.05, 0.1) is 11.7 Å². The van der Waals surface area contributed by atoms with E-state index >= 15 is 0 Å². The van der Waals surface area contributed by atoms with Gasteiger partial charge in [-0.2, -0.15) is 0 Å². The fourth-order valence-electron chi connectivity index (χ4n) is 3.14. The molecule has 1 aliphatic heterocycles. The number of benzene rings is 1. The second-order valence-corrected chi connectivity index (χ2v) is 6.00. The zero-order valence-electron chi connectivity index (χ0n) is 12.0. The Labute approximate surface area is 124 Å². The van der Waals surface area contributed by atoms with Crippen LogP contribution in [0.4, 0.5) is 5.69 Å². The third kappa shape index (κ3) is 2.40. The summed E-state index contributed by atoms with van der Waals surface area (Å²) in [5, 5.41) is 5.67. The molecule has 2 fully saturated rings. The molecule has 2 heterocycles. The van der Waals surface area contributed by atoms with Crippen LogP contribution in [0.2, 0.25) is 0 Å². The lowest BCUT2D eigenvalue weighted by molar-refractivity contribution is -0.121. The van der Waals surface area contributed by atoms with Crippen LogP contribution in [-0.4, -0.2) is 29.5 Å². The summed E-state index contributed by atoms with van der Waals surface area (Å²) in [6, 6.07) is 8.65. The van der Waals surface area contributed by atoms with E-state index in [1.165, 1.54) is 12.8 Å². The minimum absolute atomic E-state index is 0.0156. The van der Waals surface area contributed by atoms with Gasteiger partial charge in [-0.3, -0.25) is 9.78 Å². The predicted molar refractivity (Wildman–Crippen MR) is 83.3 cm³/mol. The van der Waals surface area contributed by atoms with E-state index in [-0.39, 0.29) is 11.9 Å². The van der Waals surface area contributed by atoms with Crippen LogP contribution in [0.3, 0.4) is 0 Å². The van der Waals surface area contributed by atoms with E-state index in [0.717, 1.165) is 35.8 Å². The molecule has 0 bridgehead atoms. The van der Waals surface area contributed by atoms with Crippen LogP contribution in [0, 0.1) is 0 Å². The summed E-state index contributed by atoms with van der Waals surface area (Å²) < 4.78 is 0. The van der Waals surface area contributed by atoms with E-state index in [0.29, 0.717) is 6.04 Å². The molecule has 4 heteroatoms. The zero-order chi connectivity index (χ0) is 14.2. The molecule has 1 aromatic heterocycles. The van der Waals surface area contributed by atoms with E-state index < -0.39 is 0 Å². The van der Waals surface area contributed by atoms with Crippen molar-refractivity contribution in [2.45, 2.75) is 37.8 Å². The Morgan fingerprint density at radius 3 is 2.95 bits per heavy atom. The van der Waals surface area contributed by atoms with Gasteiger partial charge in [-0.1, -0.05) is 12.1 Å². The molecule has 0 spiro atoms. The largest absolute Gasteiger partial charge is 0.310 e. The molecule has 1 unspecified atom stereocenters. The molecule has 1 N–H and O–H groups in total. The van der Waals surface area contributed by atoms with Gasteiger partial charge in [0.2, 0.25) is 5.91 Å². The lowest BCUT2D eigenvalue weighted by Crippen LogP contribution is -2.51. The molecule has 4 nitrogen and oxygen atoms in total. The first-order valence-corrected chi connectivity index (χ1v) is 7.73. The fraction of sp³-hybridized carbons (Fsp3) is 0.412. The van der Waals surface area contributed by atoms with Crippen LogP contribution in [0.25, 0.3) is 10.8 Å². The van der Waals surface area contributed by atoms with E-state index in [9.17, 15) is 4.79 Å². The summed E-state index contributed by atoms with van der Waals surface area (Å²) in [7, 11) is 0. The first kappa shape index (κ1) is 12.8. The monoisotopic (exact) mass is 281 g/mol. The van der Waals surface area contributed by atoms with Crippen LogP contribution in [0.1, 0.15) is 25.7 Å². The van der Waals surface area contributed by atoms with Gasteiger partial charge in [0, 0.05) is 30.4 Å². The molecule has 1 saturated heterocycles. The lowest BCUT2D eigenvalue weighted by atomic mass is 10.0. The Hall–Kier alpha value is -1.94. The molecule has 21 heavy (non-hydrogen) atoms. The number of nitrogens with one attached hydrogen (secondary N) is 1. The Morgan fingerprint density at radius 1 is 1.19 bits per heavy atom. The maximum Gasteiger partial charge on any atom is 0.244 e. The molecule has 108 valence electrons. The van der Waals surface area contributed by atoms with Crippen molar-refractivity contribution in [3.63, 3.8) is 0 Å². The normalized spacial score (nSPS) is 22.8. The van der Waals surface area contributed by atoms with Gasteiger partial charge in [-0.15, -0.1) is 0 Å². The summed E-state index contributed by atoms with van der Waals surface area (Å²) in [5.41, 5.74) is 0.993. The Bertz CT molecular complexity index is 675. The highest BCUT2D eigenvalue weighted by Gasteiger charge is 2.34. The number of amides is 1. The van der Waals surface area contributed by atoms with E-state index in [1.54, 1.807) is 6.20 Å². The molecule has 1 saturated carbocycles. The standard InChI is InChI=1S/C17H19N3O/c21-17-15(19-13-6-7-13)4-2-10-20(17)16-5-1-3-12-8-9-18-11-14(12)16/h1,3,5,8-9,11,13,15,19H,2,4,6-7,10H2. The number of aromatic nitrogens is 1. The van der Waals surface area contributed by atoms with Crippen LogP contribution in [0.5, 0.6) is 0 Å². The van der Waals surface area contributed by atoms with Crippen molar-refractivity contribution < 1.29 is 4.79 Å². The Balaban J connectivity index is 1.68. The average molecular weight is 281 g/mol. The smallest absolute Gasteiger partial charge is 0.244 e. The third-order valence-corrected chi connectivity index (χ3v) is 4.40. The zero-order valence-corrected chi connectivity index (χ0v) is 12.0. The van der Waals surface area contributed by atoms with Gasteiger partial charge in [0.15, 0.2) is 0 Å². The first-order chi connectivity index (χ1) is 10.3. The maximum atomic E-state index is 12.8. The molecule has 2 aliphatic rings. The second kappa shape index (κ2) is 5.11. The van der Waals surface area contributed by atoms with Crippen LogP contribution < -0.4 is 10.2 Å². The Kier molecular flexibility index (Phi) is 3.11. The predicted octanol–water partition coefficient (Wildman–Crippen LogP) is 2.48. The Morgan fingerprint density at radius 2 is 2.10 bits per heavy atom. The van der Waals surface area contributed by atoms with Gasteiger partial charge in [0.25, 0.3) is 0 Å². The number of nitrogens with zero attached hydrogens (tertiary/aromatic N) is 2. The topological polar surface area (TPSA) is 45.2 Å². The highest BCUT2D eigenvalue weighted by molar-refractivity contribution is 6.05. The van der Waals surface area contributed by atoms with E-state index in [2.05, 4.69) is 16.4 Å². The van der Waals surface area contributed by atoms with Gasteiger partial charge in [0.1, 0.15) is 0 Å². The number of anilines is 1. The van der Waals surface area contributed by atoms with Crippen LogP contribution in [-0.2, 0) is 4.79 Å². The van der Waals surface area contributed by atoms with Gasteiger partial charge < -0.3 is 10.2 Å². The molecule has 1 aromatic carbocycles. The number of piperidine rings is 1. The van der Waals surface area contributed by atoms with Crippen molar-refractivity contribution in [2.24, 2.45) is 0 Å². The summed E-state index contributed by atoms with van der Waals surface area (Å²) in [4.78, 5) is 18.9. The molecule has 4 rings (SSSR count). The number of fused-ring (bicyclic) bond motifs is 1. The summed E-state index contributed by atoms with van der Waals surface area (Å²) >= 11 is 0. The van der Waals surface area contributed by atoms with Gasteiger partial charge in [-0.25, -0.2) is 0 Å². The maximum absolute atomic E-state index is 12.8. The molecular formula is C17H19N3O. The van der Waals surface area contributed by atoms with Crippen molar-refractivity contribution in [1.29, 1.82) is 0 Å². The van der Waals surface area contributed by atoms with Crippen molar-refractivity contribution in [3.05, 3.63) is 36.7 Å². The molecular weight excluding hydrogens is 262 g/mol. The molecule has 1 aliphatic carbocycles. The van der Waals surface area contributed by atoms with Crippen molar-refractivity contribution >= 4 is 22.4 Å². The summed E-state index contributed by atoms with van der Waals surface area (Å²) in [5.74, 6) is 0.213. The van der Waals surface area contributed by atoms with Crippen molar-refractivity contribution in [1.82, 2.24) is 10.3 Å². The average Bonchev–Trinajstić information content (AvgIpc) is 3.33. The van der Waals surface area contributed by atoms with E-state index in [4.69, 9.17) is 0 Å². The SMILES string of the molecule is O=C1C(NC2CC2)CCCN1c1cccc2ccncc12. The summed E-state index contributed by atoms with van der Waals surface area (Å²) in [6.45, 7) is 0.801. The number of hydrogen-bond donors (Lipinski definition) is 1. The fourth-order valence-corrected chi connectivity index (χ4v) is 3.14. The number of carbonyl (C=O) groups excluding carboxylic acids is 1. The minimum Gasteiger partial charge on any atom is -0.310 e. The molecule has 2 aromatic rings. The highest BCUT2D eigenvalue weighted by atomic mass is 16.2. The van der Waals surface area contributed by atoms with Crippen molar-refractivity contribution in [3.8, 4) is 0 Å². The van der Waals surface area contributed by atoms with Crippen LogP contribution in [0.15, 0.2) is 36.7 Å². The number of rotatable bonds is 3. The highest BCUT2D eigenvalue weighted by Crippen LogP contribution is 2.30. The lowest BCUT2D eigenvalue weighted by Gasteiger charge is -2.33. The number of pyridine rings is 1. The third-order valence-electron chi connectivity index (χ3n) is 4.40. The van der Waals surface area contributed by atoms with Crippen LogP contribution >= 0.6 is 0 Å². The summed E-state index contributed by atoms with van der Waals surface area (Å²) in [6.07, 6.45) is 8.07. The van der Waals surface area contributed by atoms with Gasteiger partial charge >= 0.3 is 0 Å².